The molecule has 1 aromatic heterocycles. The molecule has 1 saturated heterocycles. The molecule has 1 aliphatic heterocycles. The number of nitrogens with zero attached hydrogens (tertiary/aromatic N) is 2. The number of fused-ring (bicyclic) bond motifs is 2. The van der Waals surface area contributed by atoms with Gasteiger partial charge in [0.25, 0.3) is 0 Å². The third-order valence-corrected chi connectivity index (χ3v) is 7.85. The molecule has 1 aromatic carbocycles. The number of aromatic nitrogens is 1. The van der Waals surface area contributed by atoms with Crippen LogP contribution in [-0.2, 0) is 11.2 Å². The first-order valence-corrected chi connectivity index (χ1v) is 11.7. The molecular formula is C25H35N3O2. The van der Waals surface area contributed by atoms with E-state index >= 15 is 0 Å². The highest BCUT2D eigenvalue weighted by Gasteiger charge is 2.42. The molecule has 2 N–H and O–H groups in total. The van der Waals surface area contributed by atoms with E-state index in [1.807, 2.05) is 0 Å². The highest BCUT2D eigenvalue weighted by atomic mass is 16.3. The zero-order valence-electron chi connectivity index (χ0n) is 18.5. The predicted molar refractivity (Wildman–Crippen MR) is 120 cm³/mol. The molecule has 5 rings (SSSR count). The maximum Gasteiger partial charge on any atom is 0.224 e. The molecule has 162 valence electrons. The summed E-state index contributed by atoms with van der Waals surface area (Å²) >= 11 is 0. The maximum atomic E-state index is 13.1. The van der Waals surface area contributed by atoms with Crippen molar-refractivity contribution in [2.24, 2.45) is 5.92 Å². The van der Waals surface area contributed by atoms with E-state index in [9.17, 15) is 9.90 Å². The summed E-state index contributed by atoms with van der Waals surface area (Å²) in [6, 6.07) is 7.88. The van der Waals surface area contributed by atoms with E-state index in [0.717, 1.165) is 45.1 Å². The van der Waals surface area contributed by atoms with Gasteiger partial charge in [0.05, 0.1) is 12.0 Å². The number of nitrogens with one attached hydrogen (secondary N) is 1. The number of aliphatic hydroxyl groups is 1. The van der Waals surface area contributed by atoms with Crippen molar-refractivity contribution in [2.45, 2.75) is 82.5 Å². The lowest BCUT2D eigenvalue weighted by Crippen LogP contribution is -2.52. The number of aliphatic hydroxyl groups excluding tert-OH is 1. The van der Waals surface area contributed by atoms with Crippen LogP contribution in [0.1, 0.15) is 69.0 Å². The Labute approximate surface area is 179 Å². The first kappa shape index (κ1) is 20.1. The normalized spacial score (nSPS) is 31.7. The minimum Gasteiger partial charge on any atom is -0.393 e. The van der Waals surface area contributed by atoms with Crippen molar-refractivity contribution in [1.29, 1.82) is 0 Å². The molecule has 2 heterocycles. The summed E-state index contributed by atoms with van der Waals surface area (Å²) in [5, 5.41) is 14.5. The second-order valence-electron chi connectivity index (χ2n) is 10.2. The van der Waals surface area contributed by atoms with Crippen molar-refractivity contribution < 1.29 is 9.90 Å². The lowest BCUT2D eigenvalue weighted by molar-refractivity contribution is -0.128. The Morgan fingerprint density at radius 2 is 1.97 bits per heavy atom. The monoisotopic (exact) mass is 409 g/mol. The topological polar surface area (TPSA) is 57.5 Å². The summed E-state index contributed by atoms with van der Waals surface area (Å²) in [7, 11) is 2.19. The van der Waals surface area contributed by atoms with Crippen LogP contribution in [0.15, 0.2) is 24.4 Å². The largest absolute Gasteiger partial charge is 0.393 e. The number of likely N-dealkylation sites (tertiary alicyclic amines) is 1. The summed E-state index contributed by atoms with van der Waals surface area (Å²) in [4.78, 5) is 15.6. The van der Waals surface area contributed by atoms with E-state index in [4.69, 9.17) is 0 Å². The van der Waals surface area contributed by atoms with Gasteiger partial charge in [0, 0.05) is 47.7 Å². The Balaban J connectivity index is 1.40. The van der Waals surface area contributed by atoms with Gasteiger partial charge in [0.1, 0.15) is 0 Å². The van der Waals surface area contributed by atoms with Gasteiger partial charge in [-0.2, -0.15) is 0 Å². The second-order valence-corrected chi connectivity index (χ2v) is 10.2. The standard InChI is InChI=1S/C25H35N3O2/c1-15(2)28-14-16-12-23-21(20-5-4-6-22(28)24(16)20)11-17(13-27(23)3)25(30)26-18-7-9-19(29)10-8-18/h4-6,14-15,17-19,21,23,29H,7-13H2,1-3H3,(H,26,30). The smallest absolute Gasteiger partial charge is 0.224 e. The van der Waals surface area contributed by atoms with Crippen molar-refractivity contribution in [3.63, 3.8) is 0 Å². The molecule has 2 aromatic rings. The highest BCUT2D eigenvalue weighted by Crippen LogP contribution is 2.45. The van der Waals surface area contributed by atoms with Crippen molar-refractivity contribution in [1.82, 2.24) is 14.8 Å². The van der Waals surface area contributed by atoms with Gasteiger partial charge in [-0.1, -0.05) is 12.1 Å². The molecule has 0 radical (unpaired) electrons. The summed E-state index contributed by atoms with van der Waals surface area (Å²) < 4.78 is 2.41. The predicted octanol–water partition coefficient (Wildman–Crippen LogP) is 3.60. The van der Waals surface area contributed by atoms with Crippen LogP contribution in [0.25, 0.3) is 10.9 Å². The third kappa shape index (κ3) is 3.36. The van der Waals surface area contributed by atoms with E-state index in [-0.39, 0.29) is 24.0 Å². The maximum absolute atomic E-state index is 13.1. The Hall–Kier alpha value is -1.85. The van der Waals surface area contributed by atoms with Crippen molar-refractivity contribution in [3.8, 4) is 0 Å². The Kier molecular flexibility index (Phi) is 5.14. The quantitative estimate of drug-likeness (QED) is 0.814. The van der Waals surface area contributed by atoms with Crippen LogP contribution < -0.4 is 5.32 Å². The van der Waals surface area contributed by atoms with Crippen LogP contribution in [0.5, 0.6) is 0 Å². The van der Waals surface area contributed by atoms with Gasteiger partial charge >= 0.3 is 0 Å². The number of likely N-dealkylation sites (N-methyl/N-ethyl adjacent to an activating group) is 1. The molecule has 1 saturated carbocycles. The van der Waals surface area contributed by atoms with Crippen LogP contribution in [0, 0.1) is 5.92 Å². The molecule has 5 heteroatoms. The lowest BCUT2D eigenvalue weighted by atomic mass is 9.72. The first-order chi connectivity index (χ1) is 14.4. The number of hydrogen-bond donors (Lipinski definition) is 2. The van der Waals surface area contributed by atoms with Gasteiger partial charge in [-0.05, 0) is 76.6 Å². The average molecular weight is 410 g/mol. The van der Waals surface area contributed by atoms with Crippen molar-refractivity contribution in [3.05, 3.63) is 35.5 Å². The highest BCUT2D eigenvalue weighted by molar-refractivity contribution is 5.89. The summed E-state index contributed by atoms with van der Waals surface area (Å²) in [6.45, 7) is 5.33. The minimum atomic E-state index is -0.185. The van der Waals surface area contributed by atoms with Crippen LogP contribution in [-0.4, -0.2) is 52.3 Å². The number of amides is 1. The van der Waals surface area contributed by atoms with Crippen LogP contribution in [0.4, 0.5) is 0 Å². The van der Waals surface area contributed by atoms with Gasteiger partial charge < -0.3 is 19.9 Å². The summed E-state index contributed by atoms with van der Waals surface area (Å²) in [5.41, 5.74) is 4.24. The molecular weight excluding hydrogens is 374 g/mol. The fraction of sp³-hybridized carbons (Fsp3) is 0.640. The minimum absolute atomic E-state index is 0.0343. The zero-order valence-corrected chi connectivity index (χ0v) is 18.5. The SMILES string of the molecule is CC(C)n1cc2c3c(cccc31)C1CC(C(=O)NC3CCC(O)CC3)CN(C)C1C2. The number of benzene rings is 1. The average Bonchev–Trinajstić information content (AvgIpc) is 3.10. The molecule has 1 amide bonds. The fourth-order valence-corrected chi connectivity index (χ4v) is 6.23. The van der Waals surface area contributed by atoms with Crippen molar-refractivity contribution >= 4 is 16.8 Å². The van der Waals surface area contributed by atoms with Gasteiger partial charge in [-0.25, -0.2) is 0 Å². The van der Waals surface area contributed by atoms with Crippen LogP contribution >= 0.6 is 0 Å². The molecule has 30 heavy (non-hydrogen) atoms. The van der Waals surface area contributed by atoms with Gasteiger partial charge in [-0.3, -0.25) is 4.79 Å². The zero-order chi connectivity index (χ0) is 21.0. The van der Waals surface area contributed by atoms with E-state index in [0.29, 0.717) is 18.0 Å². The second kappa shape index (κ2) is 7.69. The fourth-order valence-electron chi connectivity index (χ4n) is 6.23. The molecule has 2 fully saturated rings. The summed E-state index contributed by atoms with van der Waals surface area (Å²) in [6.07, 6.45) is 7.58. The first-order valence-electron chi connectivity index (χ1n) is 11.7. The van der Waals surface area contributed by atoms with E-state index in [1.165, 1.54) is 22.0 Å². The molecule has 0 spiro atoms. The van der Waals surface area contributed by atoms with Crippen LogP contribution in [0.2, 0.25) is 0 Å². The van der Waals surface area contributed by atoms with Crippen LogP contribution in [0.3, 0.4) is 0 Å². The lowest BCUT2D eigenvalue weighted by Gasteiger charge is -2.45. The van der Waals surface area contributed by atoms with Gasteiger partial charge in [-0.15, -0.1) is 0 Å². The van der Waals surface area contributed by atoms with E-state index < -0.39 is 0 Å². The van der Waals surface area contributed by atoms with Gasteiger partial charge in [0.2, 0.25) is 5.91 Å². The summed E-state index contributed by atoms with van der Waals surface area (Å²) in [5.74, 6) is 0.651. The molecule has 3 unspecified atom stereocenters. The Morgan fingerprint density at radius 3 is 2.70 bits per heavy atom. The van der Waals surface area contributed by atoms with E-state index in [1.54, 1.807) is 0 Å². The van der Waals surface area contributed by atoms with Crippen molar-refractivity contribution in [2.75, 3.05) is 13.6 Å². The molecule has 5 nitrogen and oxygen atoms in total. The molecule has 2 aliphatic carbocycles. The van der Waals surface area contributed by atoms with Gasteiger partial charge in [0.15, 0.2) is 0 Å². The third-order valence-electron chi connectivity index (χ3n) is 7.85. The molecule has 0 bridgehead atoms. The Bertz CT molecular complexity index is 941. The number of carbonyl (C=O) groups excluding carboxylic acids is 1. The number of hydrogen-bond acceptors (Lipinski definition) is 3. The number of carbonyl (C=O) groups is 1. The number of piperidine rings is 1. The molecule has 3 aliphatic rings. The number of rotatable bonds is 3. The Morgan fingerprint density at radius 1 is 1.20 bits per heavy atom. The molecule has 3 atom stereocenters. The van der Waals surface area contributed by atoms with E-state index in [2.05, 4.69) is 60.1 Å².